The maximum Gasteiger partial charge on any atom is 0.337 e. The van der Waals surface area contributed by atoms with Gasteiger partial charge < -0.3 is 20.1 Å². The molecule has 0 atom stereocenters. The van der Waals surface area contributed by atoms with Crippen molar-refractivity contribution in [3.63, 3.8) is 0 Å². The van der Waals surface area contributed by atoms with Gasteiger partial charge in [0.1, 0.15) is 5.75 Å². The van der Waals surface area contributed by atoms with Crippen molar-refractivity contribution in [3.8, 4) is 5.75 Å². The zero-order valence-electron chi connectivity index (χ0n) is 14.4. The molecular formula is C19H22N2O3S. The van der Waals surface area contributed by atoms with Crippen LogP contribution in [0, 0.1) is 0 Å². The molecule has 2 aromatic rings. The number of hydrogen-bond donors (Lipinski definition) is 2. The summed E-state index contributed by atoms with van der Waals surface area (Å²) in [6.45, 7) is 0.758. The molecule has 0 bridgehead atoms. The molecule has 5 nitrogen and oxygen atoms in total. The third kappa shape index (κ3) is 6.08. The third-order valence-corrected chi connectivity index (χ3v) is 3.87. The number of aryl methyl sites for hydroxylation is 1. The largest absolute Gasteiger partial charge is 0.497 e. The summed E-state index contributed by atoms with van der Waals surface area (Å²) in [5.74, 6) is 0.489. The lowest BCUT2D eigenvalue weighted by Crippen LogP contribution is -2.29. The van der Waals surface area contributed by atoms with Crippen LogP contribution in [0.5, 0.6) is 5.75 Å². The molecule has 0 heterocycles. The molecule has 0 aliphatic rings. The maximum atomic E-state index is 11.5. The fourth-order valence-electron chi connectivity index (χ4n) is 2.30. The quantitative estimate of drug-likeness (QED) is 0.449. The number of hydrogen-bond acceptors (Lipinski definition) is 4. The van der Waals surface area contributed by atoms with Crippen LogP contribution in [0.4, 0.5) is 5.69 Å². The molecule has 0 spiro atoms. The van der Waals surface area contributed by atoms with Crippen molar-refractivity contribution in [2.45, 2.75) is 12.8 Å². The summed E-state index contributed by atoms with van der Waals surface area (Å²) in [4.78, 5) is 11.5. The summed E-state index contributed by atoms with van der Waals surface area (Å²) in [5, 5.41) is 6.76. The summed E-state index contributed by atoms with van der Waals surface area (Å²) in [7, 11) is 3.02. The third-order valence-electron chi connectivity index (χ3n) is 3.63. The van der Waals surface area contributed by atoms with Gasteiger partial charge in [-0.3, -0.25) is 0 Å². The molecule has 2 aromatic carbocycles. The molecule has 132 valence electrons. The van der Waals surface area contributed by atoms with E-state index < -0.39 is 0 Å². The van der Waals surface area contributed by atoms with Crippen molar-refractivity contribution in [1.29, 1.82) is 0 Å². The molecule has 0 radical (unpaired) electrons. The zero-order valence-corrected chi connectivity index (χ0v) is 15.2. The van der Waals surface area contributed by atoms with E-state index in [2.05, 4.69) is 22.8 Å². The Hall–Kier alpha value is -2.60. The number of carbonyl (C=O) groups is 1. The van der Waals surface area contributed by atoms with Gasteiger partial charge in [-0.15, -0.1) is 0 Å². The Balaban J connectivity index is 1.74. The van der Waals surface area contributed by atoms with Crippen LogP contribution in [0.25, 0.3) is 0 Å². The number of anilines is 1. The average Bonchev–Trinajstić information content (AvgIpc) is 2.65. The van der Waals surface area contributed by atoms with Gasteiger partial charge in [0.05, 0.1) is 19.8 Å². The summed E-state index contributed by atoms with van der Waals surface area (Å²) in [5.41, 5.74) is 2.48. The van der Waals surface area contributed by atoms with E-state index in [0.717, 1.165) is 30.8 Å². The topological polar surface area (TPSA) is 59.6 Å². The summed E-state index contributed by atoms with van der Waals surface area (Å²) < 4.78 is 9.86. The predicted octanol–water partition coefficient (Wildman–Crippen LogP) is 3.40. The van der Waals surface area contributed by atoms with Crippen molar-refractivity contribution >= 4 is 29.0 Å². The number of nitrogens with one attached hydrogen (secondary N) is 2. The number of benzene rings is 2. The molecule has 25 heavy (non-hydrogen) atoms. The monoisotopic (exact) mass is 358 g/mol. The van der Waals surface area contributed by atoms with E-state index in [1.54, 1.807) is 25.3 Å². The normalized spacial score (nSPS) is 10.0. The van der Waals surface area contributed by atoms with Crippen molar-refractivity contribution in [1.82, 2.24) is 5.32 Å². The van der Waals surface area contributed by atoms with E-state index in [9.17, 15) is 4.79 Å². The van der Waals surface area contributed by atoms with Gasteiger partial charge in [0.25, 0.3) is 0 Å². The number of carbonyl (C=O) groups excluding carboxylic acids is 1. The minimum atomic E-state index is -0.373. The highest BCUT2D eigenvalue weighted by Gasteiger charge is 2.06. The number of rotatable bonds is 7. The lowest BCUT2D eigenvalue weighted by atomic mass is 10.1. The first-order valence-corrected chi connectivity index (χ1v) is 8.39. The molecule has 0 saturated heterocycles. The van der Waals surface area contributed by atoms with Crippen molar-refractivity contribution in [2.24, 2.45) is 0 Å². The molecule has 0 amide bonds. The molecule has 0 fully saturated rings. The smallest absolute Gasteiger partial charge is 0.337 e. The summed E-state index contributed by atoms with van der Waals surface area (Å²) in [6.07, 6.45) is 1.91. The molecular weight excluding hydrogens is 336 g/mol. The Morgan fingerprint density at radius 2 is 1.88 bits per heavy atom. The highest BCUT2D eigenvalue weighted by Crippen LogP contribution is 2.13. The highest BCUT2D eigenvalue weighted by atomic mass is 32.1. The number of thiocarbonyl (C=S) groups is 1. The molecule has 0 aromatic heterocycles. The van der Waals surface area contributed by atoms with Gasteiger partial charge in [-0.2, -0.15) is 0 Å². The van der Waals surface area contributed by atoms with E-state index in [-0.39, 0.29) is 5.97 Å². The van der Waals surface area contributed by atoms with Crippen LogP contribution in [-0.2, 0) is 11.2 Å². The Morgan fingerprint density at radius 1 is 1.12 bits per heavy atom. The van der Waals surface area contributed by atoms with Gasteiger partial charge in [0.2, 0.25) is 0 Å². The molecule has 0 unspecified atom stereocenters. The van der Waals surface area contributed by atoms with Crippen molar-refractivity contribution in [3.05, 3.63) is 59.7 Å². The van der Waals surface area contributed by atoms with Gasteiger partial charge in [-0.25, -0.2) is 4.79 Å². The van der Waals surface area contributed by atoms with Crippen LogP contribution in [0.3, 0.4) is 0 Å². The number of methoxy groups -OCH3 is 2. The van der Waals surface area contributed by atoms with Crippen LogP contribution < -0.4 is 15.4 Å². The first-order chi connectivity index (χ1) is 12.1. The fraction of sp³-hybridized carbons (Fsp3) is 0.263. The molecule has 2 rings (SSSR count). The highest BCUT2D eigenvalue weighted by molar-refractivity contribution is 7.80. The zero-order chi connectivity index (χ0) is 18.1. The average molecular weight is 358 g/mol. The number of esters is 1. The lowest BCUT2D eigenvalue weighted by Gasteiger charge is -2.11. The Kier molecular flexibility index (Phi) is 7.22. The lowest BCUT2D eigenvalue weighted by molar-refractivity contribution is 0.0601. The van der Waals surface area contributed by atoms with Crippen LogP contribution >= 0.6 is 12.2 Å². The fourth-order valence-corrected chi connectivity index (χ4v) is 2.52. The minimum absolute atomic E-state index is 0.373. The van der Waals surface area contributed by atoms with Crippen LogP contribution in [-0.4, -0.2) is 31.8 Å². The Bertz CT molecular complexity index is 717. The van der Waals surface area contributed by atoms with E-state index in [4.69, 9.17) is 21.7 Å². The maximum absolute atomic E-state index is 11.5. The van der Waals surface area contributed by atoms with Gasteiger partial charge in [-0.05, 0) is 61.0 Å². The summed E-state index contributed by atoms with van der Waals surface area (Å²) >= 11 is 5.28. The van der Waals surface area contributed by atoms with Gasteiger partial charge in [-0.1, -0.05) is 18.2 Å². The van der Waals surface area contributed by atoms with Gasteiger partial charge in [0.15, 0.2) is 5.11 Å². The van der Waals surface area contributed by atoms with Crippen LogP contribution in [0.15, 0.2) is 48.5 Å². The second kappa shape index (κ2) is 9.64. The van der Waals surface area contributed by atoms with E-state index >= 15 is 0 Å². The molecule has 2 N–H and O–H groups in total. The molecule has 0 aliphatic carbocycles. The van der Waals surface area contributed by atoms with Crippen LogP contribution in [0.2, 0.25) is 0 Å². The first kappa shape index (κ1) is 18.7. The van der Waals surface area contributed by atoms with E-state index in [0.29, 0.717) is 10.7 Å². The minimum Gasteiger partial charge on any atom is -0.497 e. The molecule has 0 saturated carbocycles. The Morgan fingerprint density at radius 3 is 2.56 bits per heavy atom. The van der Waals surface area contributed by atoms with Crippen molar-refractivity contribution in [2.75, 3.05) is 26.1 Å². The van der Waals surface area contributed by atoms with Gasteiger partial charge in [0, 0.05) is 12.2 Å². The predicted molar refractivity (Wildman–Crippen MR) is 103 cm³/mol. The SMILES string of the molecule is COC(=O)c1cccc(NC(=S)NCCCc2ccc(OC)cc2)c1. The van der Waals surface area contributed by atoms with Crippen LogP contribution in [0.1, 0.15) is 22.3 Å². The second-order valence-corrected chi connectivity index (χ2v) is 5.81. The first-order valence-electron chi connectivity index (χ1n) is 7.98. The molecule has 0 aliphatic heterocycles. The Labute approximate surface area is 153 Å². The van der Waals surface area contributed by atoms with E-state index in [1.165, 1.54) is 12.7 Å². The van der Waals surface area contributed by atoms with Gasteiger partial charge >= 0.3 is 5.97 Å². The second-order valence-electron chi connectivity index (χ2n) is 5.40. The molecule has 6 heteroatoms. The van der Waals surface area contributed by atoms with Crippen molar-refractivity contribution < 1.29 is 14.3 Å². The van der Waals surface area contributed by atoms with E-state index in [1.807, 2.05) is 18.2 Å². The standard InChI is InChI=1S/C19H22N2O3S/c1-23-17-10-8-14(9-11-17)5-4-12-20-19(25)21-16-7-3-6-15(13-16)18(22)24-2/h3,6-11,13H,4-5,12H2,1-2H3,(H2,20,21,25). The summed E-state index contributed by atoms with van der Waals surface area (Å²) in [6, 6.07) is 15.1. The number of ether oxygens (including phenoxy) is 2.